The lowest BCUT2D eigenvalue weighted by molar-refractivity contribution is -0.0589. The molecule has 3 aliphatic rings. The molecule has 5 N–H and O–H groups in total. The van der Waals surface area contributed by atoms with Gasteiger partial charge in [0.05, 0.1) is 31.6 Å². The van der Waals surface area contributed by atoms with E-state index in [1.165, 1.54) is 34.4 Å². The van der Waals surface area contributed by atoms with E-state index in [-0.39, 0.29) is 17.0 Å². The molecule has 0 aromatic carbocycles. The minimum absolute atomic E-state index is 0.107. The molecule has 7 heterocycles. The normalized spacial score (nSPS) is 38.3. The van der Waals surface area contributed by atoms with Gasteiger partial charge in [-0.2, -0.15) is 0 Å². The van der Waals surface area contributed by atoms with Gasteiger partial charge in [-0.3, -0.25) is 18.2 Å². The quantitative estimate of drug-likeness (QED) is 0.207. The average Bonchev–Trinajstić information content (AvgIpc) is 3.73. The van der Waals surface area contributed by atoms with Gasteiger partial charge in [-0.15, -0.1) is 0 Å². The fourth-order valence-electron chi connectivity index (χ4n) is 5.31. The lowest BCUT2D eigenvalue weighted by Crippen LogP contribution is -2.38. The number of nitrogens with zero attached hydrogens (tertiary/aromatic N) is 8. The Morgan fingerprint density at radius 2 is 1.39 bits per heavy atom. The van der Waals surface area contributed by atoms with E-state index in [1.807, 2.05) is 0 Å². The summed E-state index contributed by atoms with van der Waals surface area (Å²) in [7, 11) is 0. The molecule has 0 bridgehead atoms. The zero-order valence-electron chi connectivity index (χ0n) is 22.4. The lowest BCUT2D eigenvalue weighted by atomic mass is 10.1. The molecule has 44 heavy (non-hydrogen) atoms. The van der Waals surface area contributed by atoms with Crippen LogP contribution in [0.5, 0.6) is 0 Å². The molecule has 0 saturated carbocycles. The van der Waals surface area contributed by atoms with E-state index in [9.17, 15) is 14.9 Å². The van der Waals surface area contributed by atoms with Crippen molar-refractivity contribution >= 4 is 65.2 Å². The number of aryl methyl sites for hydroxylation is 1. The Balaban J connectivity index is 1.17. The summed E-state index contributed by atoms with van der Waals surface area (Å²) in [4.78, 5) is 46.7. The van der Waals surface area contributed by atoms with Gasteiger partial charge in [0, 0.05) is 0 Å². The van der Waals surface area contributed by atoms with Crippen molar-refractivity contribution in [3.8, 4) is 0 Å². The van der Waals surface area contributed by atoms with Gasteiger partial charge >= 0.3 is 13.4 Å². The van der Waals surface area contributed by atoms with Crippen molar-refractivity contribution in [1.29, 1.82) is 0 Å². The van der Waals surface area contributed by atoms with Crippen LogP contribution >= 0.6 is 13.4 Å². The second kappa shape index (κ2) is 11.2. The van der Waals surface area contributed by atoms with Crippen LogP contribution < -0.4 is 5.73 Å². The Kier molecular flexibility index (Phi) is 7.77. The number of nitrogen functional groups attached to an aromatic ring is 1. The number of nitrogens with two attached hydrogens (primary N) is 1. The first kappa shape index (κ1) is 30.4. The van der Waals surface area contributed by atoms with Gasteiger partial charge in [-0.25, -0.2) is 34.3 Å². The zero-order valence-corrected chi connectivity index (χ0v) is 25.8. The maximum absolute atomic E-state index is 16.0. The molecule has 23 heteroatoms. The third-order valence-corrected chi connectivity index (χ3v) is 10.5. The van der Waals surface area contributed by atoms with Gasteiger partial charge in [0.1, 0.15) is 54.2 Å². The number of halogens is 1. The van der Waals surface area contributed by atoms with Gasteiger partial charge < -0.3 is 39.1 Å². The smallest absolute Gasteiger partial charge is 0.325 e. The summed E-state index contributed by atoms with van der Waals surface area (Å²) in [5.74, 6) is 0.107. The van der Waals surface area contributed by atoms with Gasteiger partial charge in [0.2, 0.25) is 0 Å². The van der Waals surface area contributed by atoms with E-state index in [0.717, 1.165) is 0 Å². The average molecular weight is 692 g/mol. The molecule has 236 valence electrons. The van der Waals surface area contributed by atoms with Crippen LogP contribution in [0.2, 0.25) is 0 Å². The molecular formula is C21H24FN9O9P2S2. The highest BCUT2D eigenvalue weighted by Gasteiger charge is 2.53. The highest BCUT2D eigenvalue weighted by atomic mass is 32.5. The van der Waals surface area contributed by atoms with Crippen LogP contribution in [0.4, 0.5) is 10.2 Å². The number of aliphatic hydroxyl groups is 1. The zero-order chi connectivity index (χ0) is 31.0. The number of imidazole rings is 2. The van der Waals surface area contributed by atoms with Crippen molar-refractivity contribution < 1.29 is 46.9 Å². The van der Waals surface area contributed by atoms with Gasteiger partial charge in [-0.05, 0) is 30.5 Å². The Morgan fingerprint density at radius 3 is 2.09 bits per heavy atom. The van der Waals surface area contributed by atoms with E-state index in [2.05, 4.69) is 29.9 Å². The largest absolute Gasteiger partial charge is 0.386 e. The molecule has 10 atom stereocenters. The minimum Gasteiger partial charge on any atom is -0.386 e. The molecule has 3 fully saturated rings. The lowest BCUT2D eigenvalue weighted by Gasteiger charge is -2.30. The number of hydrogen-bond acceptors (Lipinski definition) is 16. The summed E-state index contributed by atoms with van der Waals surface area (Å²) in [5, 5.41) is 11.3. The van der Waals surface area contributed by atoms with E-state index >= 15 is 4.39 Å². The number of anilines is 1. The van der Waals surface area contributed by atoms with Crippen molar-refractivity contribution in [1.82, 2.24) is 39.0 Å². The third kappa shape index (κ3) is 5.34. The first-order valence-corrected chi connectivity index (χ1v) is 18.1. The fourth-order valence-corrected chi connectivity index (χ4v) is 8.19. The number of hydrogen-bond donors (Lipinski definition) is 4. The van der Waals surface area contributed by atoms with E-state index in [1.54, 1.807) is 6.92 Å². The summed E-state index contributed by atoms with van der Waals surface area (Å²) in [6.07, 6.45) is -6.03. The molecule has 0 aliphatic carbocycles. The van der Waals surface area contributed by atoms with Crippen molar-refractivity contribution in [2.75, 3.05) is 18.9 Å². The first-order valence-electron chi connectivity index (χ1n) is 12.9. The van der Waals surface area contributed by atoms with Gasteiger partial charge in [0.15, 0.2) is 35.7 Å². The van der Waals surface area contributed by atoms with Gasteiger partial charge in [-0.1, -0.05) is 0 Å². The maximum Gasteiger partial charge on any atom is 0.325 e. The Morgan fingerprint density at radius 1 is 0.841 bits per heavy atom. The number of ether oxygens (including phenoxy) is 2. The second-order valence-corrected chi connectivity index (χ2v) is 15.7. The number of aliphatic hydroxyl groups excluding tert-OH is 1. The number of fused-ring (bicyclic) bond motifs is 4. The molecule has 4 aromatic heterocycles. The summed E-state index contributed by atoms with van der Waals surface area (Å²) >= 11 is 10.4. The van der Waals surface area contributed by atoms with Crippen molar-refractivity contribution in [2.24, 2.45) is 0 Å². The summed E-state index contributed by atoms with van der Waals surface area (Å²) < 4.78 is 53.1. The summed E-state index contributed by atoms with van der Waals surface area (Å²) in [6, 6.07) is 0. The van der Waals surface area contributed by atoms with Crippen LogP contribution in [-0.4, -0.2) is 104 Å². The van der Waals surface area contributed by atoms with Crippen LogP contribution in [0, 0.1) is 6.92 Å². The van der Waals surface area contributed by atoms with E-state index in [0.29, 0.717) is 16.9 Å². The third-order valence-electron chi connectivity index (χ3n) is 7.37. The second-order valence-electron chi connectivity index (χ2n) is 10.1. The van der Waals surface area contributed by atoms with Crippen molar-refractivity contribution in [3.63, 3.8) is 0 Å². The highest BCUT2D eigenvalue weighted by molar-refractivity contribution is 8.07. The van der Waals surface area contributed by atoms with Crippen LogP contribution in [0.15, 0.2) is 25.3 Å². The van der Waals surface area contributed by atoms with Crippen LogP contribution in [0.1, 0.15) is 18.1 Å². The highest BCUT2D eigenvalue weighted by Crippen LogP contribution is 2.54. The molecule has 3 aliphatic heterocycles. The Hall–Kier alpha value is -2.23. The minimum atomic E-state index is -4.18. The summed E-state index contributed by atoms with van der Waals surface area (Å²) in [5.41, 5.74) is 7.69. The number of rotatable bonds is 2. The molecule has 18 nitrogen and oxygen atoms in total. The Labute approximate surface area is 256 Å². The maximum atomic E-state index is 16.0. The Bertz CT molecular complexity index is 1710. The molecule has 0 radical (unpaired) electrons. The number of alkyl halides is 1. The summed E-state index contributed by atoms with van der Waals surface area (Å²) in [6.45, 7) is -7.64. The van der Waals surface area contributed by atoms with E-state index in [4.69, 9.17) is 56.9 Å². The topological polar surface area (TPSA) is 229 Å². The standard InChI is InChI=1S/C21H24FN9O9P2S2/c1-8-12-18(26-4-24-8)30(6-28-12)20-11(22)15-9(37-20)2-35-42(34,44)40-16-10(3-36-41(33,43)39-15)38-21(14(16)32)31-7-29-13-17(23)25-5-27-19(13)31/h4-7,9-11,14-16,20-21,32H,2-3H2,1H3,(H,33,43)(H,34,44)(H2,23,25,27)/t9-,10-,11-,14-,15-,16-,20-,21-,41?,42?/m1/s1. The number of aromatic nitrogens is 8. The van der Waals surface area contributed by atoms with Crippen molar-refractivity contribution in [2.45, 2.75) is 56.1 Å². The predicted molar refractivity (Wildman–Crippen MR) is 153 cm³/mol. The van der Waals surface area contributed by atoms with Gasteiger partial charge in [0.25, 0.3) is 0 Å². The molecule has 0 amide bonds. The molecule has 4 aromatic rings. The van der Waals surface area contributed by atoms with Crippen molar-refractivity contribution in [3.05, 3.63) is 31.0 Å². The molecule has 2 unspecified atom stereocenters. The molecular weight excluding hydrogens is 667 g/mol. The van der Waals surface area contributed by atoms with Crippen LogP contribution in [-0.2, 0) is 51.2 Å². The SMILES string of the molecule is Cc1ncnc2c1ncn2[C@@H]1O[C@@H]2COP(O)(=S)O[C@H]3[C@@H](O)[C@H](n4cnc5c(N)ncnc54)O[C@@H]3COP(O)(=S)O[C@H]2[C@H]1F. The van der Waals surface area contributed by atoms with Crippen LogP contribution in [0.3, 0.4) is 0 Å². The molecule has 3 saturated heterocycles. The first-order chi connectivity index (χ1) is 20.9. The van der Waals surface area contributed by atoms with Crippen LogP contribution in [0.25, 0.3) is 22.3 Å². The molecule has 7 rings (SSSR count). The predicted octanol–water partition coefficient (Wildman–Crippen LogP) is 0.301. The van der Waals surface area contributed by atoms with E-state index < -0.39 is 75.8 Å². The molecule has 0 spiro atoms. The monoisotopic (exact) mass is 691 g/mol. The fraction of sp³-hybridized carbons (Fsp3) is 0.524.